The third-order valence-corrected chi connectivity index (χ3v) is 1.86. The summed E-state index contributed by atoms with van der Waals surface area (Å²) in [6.45, 7) is 1.20. The first-order valence-corrected chi connectivity index (χ1v) is 4.59. The quantitative estimate of drug-likeness (QED) is 0.637. The molecule has 0 aliphatic rings. The van der Waals surface area contributed by atoms with E-state index in [0.717, 1.165) is 0 Å². The van der Waals surface area contributed by atoms with Gasteiger partial charge in [0.05, 0.1) is 0 Å². The first-order valence-electron chi connectivity index (χ1n) is 4.59. The standard InChI is InChI=1S/C11H13NO3.ClH/c1-8(13)15-7-10(12)11(14)9-5-3-2-4-6-9;/h2-6,10H,7,12H2,1H3;1H/t10-;/m0./s1. The van der Waals surface area contributed by atoms with Crippen LogP contribution in [0.25, 0.3) is 0 Å². The van der Waals surface area contributed by atoms with Crippen molar-refractivity contribution in [1.82, 2.24) is 0 Å². The van der Waals surface area contributed by atoms with Crippen molar-refractivity contribution in [2.24, 2.45) is 5.73 Å². The zero-order valence-corrected chi connectivity index (χ0v) is 9.70. The molecule has 0 aliphatic heterocycles. The minimum absolute atomic E-state index is 0. The van der Waals surface area contributed by atoms with Crippen LogP contribution in [0.3, 0.4) is 0 Å². The molecule has 0 saturated carbocycles. The highest BCUT2D eigenvalue weighted by atomic mass is 35.5. The maximum absolute atomic E-state index is 11.6. The van der Waals surface area contributed by atoms with Gasteiger partial charge in [0.15, 0.2) is 5.78 Å². The number of ether oxygens (including phenoxy) is 1. The Morgan fingerprint density at radius 2 is 1.88 bits per heavy atom. The number of hydrogen-bond donors (Lipinski definition) is 1. The molecule has 2 N–H and O–H groups in total. The number of benzene rings is 1. The Hall–Kier alpha value is -1.39. The van der Waals surface area contributed by atoms with Gasteiger partial charge in [0.1, 0.15) is 12.6 Å². The molecule has 1 aromatic carbocycles. The predicted molar refractivity (Wildman–Crippen MR) is 62.6 cm³/mol. The average molecular weight is 244 g/mol. The van der Waals surface area contributed by atoms with Gasteiger partial charge in [0.25, 0.3) is 0 Å². The van der Waals surface area contributed by atoms with Crippen molar-refractivity contribution in [1.29, 1.82) is 0 Å². The van der Waals surface area contributed by atoms with Crippen LogP contribution in [0.5, 0.6) is 0 Å². The van der Waals surface area contributed by atoms with Crippen LogP contribution in [-0.2, 0) is 9.53 Å². The second kappa shape index (κ2) is 6.98. The third kappa shape index (κ3) is 4.42. The van der Waals surface area contributed by atoms with Gasteiger partial charge in [0, 0.05) is 12.5 Å². The lowest BCUT2D eigenvalue weighted by Crippen LogP contribution is -2.35. The first-order chi connectivity index (χ1) is 7.11. The lowest BCUT2D eigenvalue weighted by Gasteiger charge is -2.09. The Balaban J connectivity index is 0.00000225. The lowest BCUT2D eigenvalue weighted by atomic mass is 10.1. The Morgan fingerprint density at radius 1 is 1.31 bits per heavy atom. The number of ketones is 1. The summed E-state index contributed by atoms with van der Waals surface area (Å²) in [5, 5.41) is 0. The first kappa shape index (κ1) is 14.6. The van der Waals surface area contributed by atoms with Crippen LogP contribution < -0.4 is 5.73 Å². The highest BCUT2D eigenvalue weighted by Gasteiger charge is 2.16. The fraction of sp³-hybridized carbons (Fsp3) is 0.273. The number of Topliss-reactive ketones (excluding diaryl/α,β-unsaturated/α-hetero) is 1. The molecule has 0 amide bonds. The number of carbonyl (C=O) groups excluding carboxylic acids is 2. The molecular weight excluding hydrogens is 230 g/mol. The number of rotatable bonds is 4. The highest BCUT2D eigenvalue weighted by molar-refractivity contribution is 6.00. The van der Waals surface area contributed by atoms with Gasteiger partial charge in [-0.05, 0) is 0 Å². The van der Waals surface area contributed by atoms with Crippen molar-refractivity contribution < 1.29 is 14.3 Å². The molecule has 0 heterocycles. The Morgan fingerprint density at radius 3 is 2.38 bits per heavy atom. The maximum Gasteiger partial charge on any atom is 0.302 e. The second-order valence-electron chi connectivity index (χ2n) is 3.14. The average Bonchev–Trinajstić information content (AvgIpc) is 2.26. The monoisotopic (exact) mass is 243 g/mol. The van der Waals surface area contributed by atoms with E-state index in [-0.39, 0.29) is 24.8 Å². The van der Waals surface area contributed by atoms with Gasteiger partial charge in [-0.1, -0.05) is 30.3 Å². The van der Waals surface area contributed by atoms with Crippen LogP contribution in [0.4, 0.5) is 0 Å². The third-order valence-electron chi connectivity index (χ3n) is 1.86. The summed E-state index contributed by atoms with van der Waals surface area (Å²) in [4.78, 5) is 22.2. The predicted octanol–water partition coefficient (Wildman–Crippen LogP) is 1.18. The molecule has 4 nitrogen and oxygen atoms in total. The Labute approximate surface area is 100 Å². The number of hydrogen-bond acceptors (Lipinski definition) is 4. The molecule has 0 radical (unpaired) electrons. The SMILES string of the molecule is CC(=O)OC[C@H](N)C(=O)c1ccccc1.Cl. The molecule has 0 aliphatic carbocycles. The van der Waals surface area contributed by atoms with E-state index in [1.54, 1.807) is 24.3 Å². The summed E-state index contributed by atoms with van der Waals surface area (Å²) in [6.07, 6.45) is 0. The van der Waals surface area contributed by atoms with E-state index >= 15 is 0 Å². The molecule has 0 bridgehead atoms. The van der Waals surface area contributed by atoms with E-state index in [0.29, 0.717) is 5.56 Å². The van der Waals surface area contributed by atoms with Crippen LogP contribution >= 0.6 is 12.4 Å². The zero-order chi connectivity index (χ0) is 11.3. The van der Waals surface area contributed by atoms with Crippen molar-refractivity contribution in [3.8, 4) is 0 Å². The van der Waals surface area contributed by atoms with Gasteiger partial charge in [-0.25, -0.2) is 0 Å². The largest absolute Gasteiger partial charge is 0.464 e. The topological polar surface area (TPSA) is 69.4 Å². The second-order valence-corrected chi connectivity index (χ2v) is 3.14. The summed E-state index contributed by atoms with van der Waals surface area (Å²) in [5.74, 6) is -0.664. The summed E-state index contributed by atoms with van der Waals surface area (Å²) in [5.41, 5.74) is 6.10. The van der Waals surface area contributed by atoms with Crippen molar-refractivity contribution in [3.05, 3.63) is 35.9 Å². The molecule has 5 heteroatoms. The van der Waals surface area contributed by atoms with E-state index in [1.807, 2.05) is 6.07 Å². The van der Waals surface area contributed by atoms with Crippen LogP contribution in [0.15, 0.2) is 30.3 Å². The molecule has 88 valence electrons. The van der Waals surface area contributed by atoms with Crippen molar-refractivity contribution >= 4 is 24.2 Å². The number of nitrogens with two attached hydrogens (primary N) is 1. The molecule has 0 unspecified atom stereocenters. The Kier molecular flexibility index (Phi) is 6.37. The summed E-state index contributed by atoms with van der Waals surface area (Å²) in [7, 11) is 0. The minimum atomic E-state index is -0.795. The number of carbonyl (C=O) groups is 2. The minimum Gasteiger partial charge on any atom is -0.464 e. The van der Waals surface area contributed by atoms with Crippen LogP contribution in [0, 0.1) is 0 Å². The van der Waals surface area contributed by atoms with E-state index in [2.05, 4.69) is 4.74 Å². The zero-order valence-electron chi connectivity index (χ0n) is 8.88. The summed E-state index contributed by atoms with van der Waals surface area (Å²) < 4.78 is 4.66. The van der Waals surface area contributed by atoms with Gasteiger partial charge >= 0.3 is 5.97 Å². The van der Waals surface area contributed by atoms with Gasteiger partial charge in [-0.15, -0.1) is 12.4 Å². The van der Waals surface area contributed by atoms with Gasteiger partial charge < -0.3 is 10.5 Å². The molecule has 0 spiro atoms. The molecule has 1 atom stereocenters. The van der Waals surface area contributed by atoms with Crippen molar-refractivity contribution in [3.63, 3.8) is 0 Å². The van der Waals surface area contributed by atoms with E-state index in [9.17, 15) is 9.59 Å². The summed E-state index contributed by atoms with van der Waals surface area (Å²) >= 11 is 0. The summed E-state index contributed by atoms with van der Waals surface area (Å²) in [6, 6.07) is 7.88. The molecule has 16 heavy (non-hydrogen) atoms. The molecule has 1 rings (SSSR count). The number of halogens is 1. The van der Waals surface area contributed by atoms with Crippen LogP contribution in [-0.4, -0.2) is 24.4 Å². The van der Waals surface area contributed by atoms with E-state index < -0.39 is 12.0 Å². The fourth-order valence-corrected chi connectivity index (χ4v) is 1.10. The Bertz CT molecular complexity index is 354. The molecular formula is C11H14ClNO3. The van der Waals surface area contributed by atoms with Crippen molar-refractivity contribution in [2.45, 2.75) is 13.0 Å². The molecule has 1 aromatic rings. The lowest BCUT2D eigenvalue weighted by molar-refractivity contribution is -0.141. The normalized spacial score (nSPS) is 11.1. The van der Waals surface area contributed by atoms with E-state index in [1.165, 1.54) is 6.92 Å². The van der Waals surface area contributed by atoms with Crippen LogP contribution in [0.1, 0.15) is 17.3 Å². The van der Waals surface area contributed by atoms with E-state index in [4.69, 9.17) is 5.73 Å². The maximum atomic E-state index is 11.6. The number of esters is 1. The smallest absolute Gasteiger partial charge is 0.302 e. The van der Waals surface area contributed by atoms with Gasteiger partial charge in [0.2, 0.25) is 0 Å². The highest BCUT2D eigenvalue weighted by Crippen LogP contribution is 2.02. The van der Waals surface area contributed by atoms with Crippen LogP contribution in [0.2, 0.25) is 0 Å². The molecule has 0 saturated heterocycles. The molecule has 0 aromatic heterocycles. The molecule has 0 fully saturated rings. The van der Waals surface area contributed by atoms with Gasteiger partial charge in [-0.2, -0.15) is 0 Å². The van der Waals surface area contributed by atoms with Crippen molar-refractivity contribution in [2.75, 3.05) is 6.61 Å². The van der Waals surface area contributed by atoms with Gasteiger partial charge in [-0.3, -0.25) is 9.59 Å². The fourth-order valence-electron chi connectivity index (χ4n) is 1.10.